The molecule has 0 bridgehead atoms. The second-order valence-electron chi connectivity index (χ2n) is 8.61. The molecule has 0 saturated carbocycles. The van der Waals surface area contributed by atoms with E-state index in [1.807, 2.05) is 0 Å². The van der Waals surface area contributed by atoms with E-state index in [0.717, 1.165) is 6.61 Å². The molecule has 0 unspecified atom stereocenters. The van der Waals surface area contributed by atoms with E-state index in [1.54, 1.807) is 0 Å². The van der Waals surface area contributed by atoms with Crippen LogP contribution >= 0.6 is 0 Å². The molecule has 0 spiro atoms. The summed E-state index contributed by atoms with van der Waals surface area (Å²) in [5.74, 6) is 0. The Labute approximate surface area is 185 Å². The van der Waals surface area contributed by atoms with Gasteiger partial charge in [-0.15, -0.1) is 0 Å². The molecule has 0 aromatic heterocycles. The molecule has 0 heterocycles. The Balaban J connectivity index is 2.95. The van der Waals surface area contributed by atoms with Crippen molar-refractivity contribution in [3.8, 4) is 0 Å². The summed E-state index contributed by atoms with van der Waals surface area (Å²) >= 11 is 1.48. The molecule has 0 atom stereocenters. The molecule has 0 aliphatic heterocycles. The van der Waals surface area contributed by atoms with Crippen LogP contribution < -0.4 is 0 Å². The predicted molar refractivity (Wildman–Crippen MR) is 118 cm³/mol. The first kappa shape index (κ1) is 27.7. The zero-order valence-corrected chi connectivity index (χ0v) is 21.0. The van der Waals surface area contributed by atoms with Crippen molar-refractivity contribution in [3.05, 3.63) is 0 Å². The molecule has 27 heavy (non-hydrogen) atoms. The second kappa shape index (κ2) is 26.7. The van der Waals surface area contributed by atoms with Gasteiger partial charge in [-0.2, -0.15) is 0 Å². The van der Waals surface area contributed by atoms with E-state index in [0.29, 0.717) is 0 Å². The minimum absolute atomic E-state index is 0.966. The maximum absolute atomic E-state index is 5.14. The van der Waals surface area contributed by atoms with Crippen LogP contribution in [0.1, 0.15) is 155 Å². The Morgan fingerprint density at radius 3 is 0.815 bits per heavy atom. The molecule has 162 valence electrons. The second-order valence-corrected chi connectivity index (χ2v) is 9.25. The summed E-state index contributed by atoms with van der Waals surface area (Å²) in [5.41, 5.74) is 0. The van der Waals surface area contributed by atoms with Crippen LogP contribution in [0.2, 0.25) is 0 Å². The third-order valence-corrected chi connectivity index (χ3v) is 6.29. The van der Waals surface area contributed by atoms with Crippen molar-refractivity contribution >= 4 is 0 Å². The molecule has 0 radical (unpaired) electrons. The van der Waals surface area contributed by atoms with Crippen LogP contribution in [-0.4, -0.2) is 6.61 Å². The summed E-state index contributed by atoms with van der Waals surface area (Å²) in [6.07, 6.45) is 33.4. The van der Waals surface area contributed by atoms with Crippen LogP contribution in [0.15, 0.2) is 0 Å². The summed E-state index contributed by atoms with van der Waals surface area (Å²) < 4.78 is 5.14. The monoisotopic (exact) mass is 460 g/mol. The number of hydrogen-bond donors (Lipinski definition) is 0. The molecular weight excluding hydrogens is 409 g/mol. The third kappa shape index (κ3) is 26.7. The van der Waals surface area contributed by atoms with Gasteiger partial charge >= 0.3 is 95.5 Å². The average molecular weight is 461 g/mol. The van der Waals surface area contributed by atoms with Crippen molar-refractivity contribution in [3.63, 3.8) is 0 Å². The standard InChI is InChI=1S/C25H51O.Nb/c1-2-3-4-5-6-7-8-9-10-11-12-13-14-15-16-17-18-19-20-21-22-23-24-25-26;/h2-25H2,1H3;/q-1;+1. The third-order valence-electron chi connectivity index (χ3n) is 5.84. The molecule has 0 rings (SSSR count). The average Bonchev–Trinajstić information content (AvgIpc) is 2.68. The fourth-order valence-electron chi connectivity index (χ4n) is 3.95. The van der Waals surface area contributed by atoms with Crippen molar-refractivity contribution in [1.82, 2.24) is 0 Å². The molecule has 2 heteroatoms. The van der Waals surface area contributed by atoms with Crippen molar-refractivity contribution in [2.45, 2.75) is 155 Å². The molecule has 0 N–H and O–H groups in total. The van der Waals surface area contributed by atoms with Gasteiger partial charge in [-0.05, 0) is 0 Å². The Hall–Kier alpha value is 0.700. The summed E-state index contributed by atoms with van der Waals surface area (Å²) in [7, 11) is 0. The number of unbranched alkanes of at least 4 members (excludes halogenated alkanes) is 22. The van der Waals surface area contributed by atoms with E-state index >= 15 is 0 Å². The van der Waals surface area contributed by atoms with Gasteiger partial charge in [-0.25, -0.2) is 0 Å². The van der Waals surface area contributed by atoms with Crippen LogP contribution in [0.3, 0.4) is 0 Å². The van der Waals surface area contributed by atoms with Crippen molar-refractivity contribution in [1.29, 1.82) is 0 Å². The molecule has 1 nitrogen and oxygen atoms in total. The van der Waals surface area contributed by atoms with Gasteiger partial charge < -0.3 is 0 Å². The molecule has 0 aromatic rings. The van der Waals surface area contributed by atoms with E-state index in [-0.39, 0.29) is 0 Å². The quantitative estimate of drug-likeness (QED) is 0.103. The summed E-state index contributed by atoms with van der Waals surface area (Å²) in [4.78, 5) is 0. The first-order valence-electron chi connectivity index (χ1n) is 12.7. The fourth-order valence-corrected chi connectivity index (χ4v) is 4.27. The number of hydrogen-bond acceptors (Lipinski definition) is 1. The van der Waals surface area contributed by atoms with E-state index in [1.165, 1.54) is 169 Å². The van der Waals surface area contributed by atoms with Crippen molar-refractivity contribution in [2.75, 3.05) is 6.61 Å². The Bertz CT molecular complexity index is 220. The topological polar surface area (TPSA) is 9.23 Å². The van der Waals surface area contributed by atoms with Crippen molar-refractivity contribution < 1.29 is 24.7 Å². The Kier molecular flexibility index (Phi) is 27.4. The number of rotatable bonds is 24. The van der Waals surface area contributed by atoms with Gasteiger partial charge in [0.15, 0.2) is 0 Å². The van der Waals surface area contributed by atoms with Gasteiger partial charge in [0, 0.05) is 0 Å². The summed E-state index contributed by atoms with van der Waals surface area (Å²) in [6.45, 7) is 3.27. The Morgan fingerprint density at radius 2 is 0.593 bits per heavy atom. The molecule has 0 aromatic carbocycles. The van der Waals surface area contributed by atoms with Gasteiger partial charge in [0.05, 0.1) is 0 Å². The van der Waals surface area contributed by atoms with E-state index in [9.17, 15) is 0 Å². The van der Waals surface area contributed by atoms with E-state index in [2.05, 4.69) is 6.92 Å². The molecule has 0 aliphatic carbocycles. The van der Waals surface area contributed by atoms with Crippen LogP contribution in [-0.2, 0) is 24.7 Å². The summed E-state index contributed by atoms with van der Waals surface area (Å²) in [5, 5.41) is 0. The van der Waals surface area contributed by atoms with E-state index < -0.39 is 0 Å². The Morgan fingerprint density at radius 1 is 0.370 bits per heavy atom. The molecule has 0 saturated heterocycles. The van der Waals surface area contributed by atoms with Crippen molar-refractivity contribution in [2.24, 2.45) is 0 Å². The normalized spacial score (nSPS) is 11.3. The van der Waals surface area contributed by atoms with Crippen LogP contribution in [0.4, 0.5) is 0 Å². The SMILES string of the molecule is CCCCCCCCCCCCCCCCCCCCCCCCC[O][Nb]. The van der Waals surface area contributed by atoms with Gasteiger partial charge in [0.2, 0.25) is 0 Å². The van der Waals surface area contributed by atoms with Crippen LogP contribution in [0.5, 0.6) is 0 Å². The molecule has 0 aliphatic rings. The molecule has 0 fully saturated rings. The van der Waals surface area contributed by atoms with Gasteiger partial charge in [-0.3, -0.25) is 0 Å². The summed E-state index contributed by atoms with van der Waals surface area (Å²) in [6, 6.07) is 0. The zero-order valence-electron chi connectivity index (χ0n) is 18.8. The minimum atomic E-state index is 0.966. The molecular formula is C25H51NbO. The predicted octanol–water partition coefficient (Wildman–Crippen LogP) is 9.46. The molecule has 0 amide bonds. The fraction of sp³-hybridized carbons (Fsp3) is 1.00. The van der Waals surface area contributed by atoms with Gasteiger partial charge in [0.1, 0.15) is 0 Å². The zero-order chi connectivity index (χ0) is 19.7. The van der Waals surface area contributed by atoms with E-state index in [4.69, 9.17) is 3.24 Å². The van der Waals surface area contributed by atoms with Gasteiger partial charge in [-0.1, -0.05) is 90.4 Å². The van der Waals surface area contributed by atoms with Crippen LogP contribution in [0.25, 0.3) is 0 Å². The first-order chi connectivity index (χ1) is 13.4. The first-order valence-corrected chi connectivity index (χ1v) is 13.6. The van der Waals surface area contributed by atoms with Crippen LogP contribution in [0, 0.1) is 0 Å². The van der Waals surface area contributed by atoms with Gasteiger partial charge in [0.25, 0.3) is 0 Å². The maximum atomic E-state index is 5.14.